The van der Waals surface area contributed by atoms with Crippen LogP contribution in [0.4, 0.5) is 0 Å². The van der Waals surface area contributed by atoms with Crippen molar-refractivity contribution in [2.24, 2.45) is 0 Å². The van der Waals surface area contributed by atoms with Gasteiger partial charge in [-0.2, -0.15) is 4.98 Å². The molecule has 4 heteroatoms. The van der Waals surface area contributed by atoms with Crippen molar-refractivity contribution in [3.05, 3.63) is 66.1 Å². The van der Waals surface area contributed by atoms with Crippen LogP contribution in [0, 0.1) is 6.92 Å². The molecule has 1 heterocycles. The van der Waals surface area contributed by atoms with E-state index in [2.05, 4.69) is 10.1 Å². The molecule has 0 saturated heterocycles. The lowest BCUT2D eigenvalue weighted by Crippen LogP contribution is -2.06. The highest BCUT2D eigenvalue weighted by Gasteiger charge is 2.19. The van der Waals surface area contributed by atoms with E-state index in [1.165, 1.54) is 0 Å². The Kier molecular flexibility index (Phi) is 4.19. The molecule has 1 atom stereocenters. The minimum atomic E-state index is -0.242. The van der Waals surface area contributed by atoms with Gasteiger partial charge in [0.15, 0.2) is 6.10 Å². The van der Waals surface area contributed by atoms with E-state index in [9.17, 15) is 0 Å². The molecule has 0 spiro atoms. The highest BCUT2D eigenvalue weighted by Crippen LogP contribution is 2.25. The monoisotopic (exact) mass is 294 g/mol. The molecule has 3 rings (SSSR count). The molecule has 0 amide bonds. The lowest BCUT2D eigenvalue weighted by atomic mass is 10.1. The van der Waals surface area contributed by atoms with Gasteiger partial charge in [0.1, 0.15) is 5.75 Å². The molecule has 0 aliphatic carbocycles. The Morgan fingerprint density at radius 1 is 1.09 bits per heavy atom. The maximum absolute atomic E-state index is 5.93. The first-order valence-electron chi connectivity index (χ1n) is 7.38. The van der Waals surface area contributed by atoms with Gasteiger partial charge >= 0.3 is 0 Å². The summed E-state index contributed by atoms with van der Waals surface area (Å²) in [6, 6.07) is 17.7. The molecule has 0 fully saturated rings. The summed E-state index contributed by atoms with van der Waals surface area (Å²) in [5.74, 6) is 1.89. The largest absolute Gasteiger partial charge is 0.481 e. The summed E-state index contributed by atoms with van der Waals surface area (Å²) in [5, 5.41) is 4.07. The van der Waals surface area contributed by atoms with Crippen molar-refractivity contribution in [3.8, 4) is 17.1 Å². The van der Waals surface area contributed by atoms with Crippen LogP contribution < -0.4 is 4.74 Å². The Hall–Kier alpha value is -2.62. The number of aromatic nitrogens is 2. The molecule has 0 saturated carbocycles. The second-order valence-corrected chi connectivity index (χ2v) is 5.15. The van der Waals surface area contributed by atoms with Crippen molar-refractivity contribution in [3.63, 3.8) is 0 Å². The van der Waals surface area contributed by atoms with Crippen LogP contribution in [0.25, 0.3) is 11.4 Å². The number of nitrogens with zero attached hydrogens (tertiary/aromatic N) is 2. The van der Waals surface area contributed by atoms with Crippen LogP contribution in [-0.4, -0.2) is 10.1 Å². The van der Waals surface area contributed by atoms with Gasteiger partial charge in [-0.05, 0) is 31.5 Å². The highest BCUT2D eigenvalue weighted by molar-refractivity contribution is 5.55. The predicted molar refractivity (Wildman–Crippen MR) is 84.6 cm³/mol. The van der Waals surface area contributed by atoms with Gasteiger partial charge in [0, 0.05) is 5.56 Å². The third-order valence-corrected chi connectivity index (χ3v) is 3.39. The van der Waals surface area contributed by atoms with Crippen LogP contribution in [0.15, 0.2) is 59.1 Å². The van der Waals surface area contributed by atoms with Crippen molar-refractivity contribution in [1.29, 1.82) is 0 Å². The smallest absolute Gasteiger partial charge is 0.268 e. The van der Waals surface area contributed by atoms with Gasteiger partial charge in [-0.25, -0.2) is 0 Å². The van der Waals surface area contributed by atoms with Crippen LogP contribution in [0.2, 0.25) is 0 Å². The normalized spacial score (nSPS) is 12.1. The molecule has 0 unspecified atom stereocenters. The van der Waals surface area contributed by atoms with E-state index in [4.69, 9.17) is 9.26 Å². The zero-order chi connectivity index (χ0) is 15.4. The maximum Gasteiger partial charge on any atom is 0.268 e. The maximum atomic E-state index is 5.93. The first-order valence-corrected chi connectivity index (χ1v) is 7.38. The van der Waals surface area contributed by atoms with Crippen molar-refractivity contribution in [2.45, 2.75) is 26.4 Å². The Bertz CT molecular complexity index is 738. The van der Waals surface area contributed by atoms with Crippen LogP contribution in [0.5, 0.6) is 5.75 Å². The SMILES string of the molecule is CC[C@@H](Oc1ccccc1)c1nc(-c2cccc(C)c2)no1. The average Bonchev–Trinajstić information content (AvgIpc) is 3.03. The fourth-order valence-electron chi connectivity index (χ4n) is 2.24. The summed E-state index contributed by atoms with van der Waals surface area (Å²) >= 11 is 0. The van der Waals surface area contributed by atoms with Gasteiger partial charge in [0.05, 0.1) is 0 Å². The van der Waals surface area contributed by atoms with E-state index >= 15 is 0 Å². The first kappa shape index (κ1) is 14.3. The third-order valence-electron chi connectivity index (χ3n) is 3.39. The van der Waals surface area contributed by atoms with Gasteiger partial charge in [-0.15, -0.1) is 0 Å². The summed E-state index contributed by atoms with van der Waals surface area (Å²) in [6.07, 6.45) is 0.512. The van der Waals surface area contributed by atoms with Crippen molar-refractivity contribution >= 4 is 0 Å². The number of hydrogen-bond acceptors (Lipinski definition) is 4. The Morgan fingerprint density at radius 2 is 1.91 bits per heavy atom. The van der Waals surface area contributed by atoms with Gasteiger partial charge in [0.2, 0.25) is 5.82 Å². The van der Waals surface area contributed by atoms with Crippen LogP contribution >= 0.6 is 0 Å². The summed E-state index contributed by atoms with van der Waals surface area (Å²) in [7, 11) is 0. The van der Waals surface area contributed by atoms with Gasteiger partial charge in [-0.3, -0.25) is 0 Å². The van der Waals surface area contributed by atoms with E-state index in [1.807, 2.05) is 68.4 Å². The number of benzene rings is 2. The van der Waals surface area contributed by atoms with Crippen molar-refractivity contribution in [2.75, 3.05) is 0 Å². The van der Waals surface area contributed by atoms with Crippen molar-refractivity contribution < 1.29 is 9.26 Å². The Morgan fingerprint density at radius 3 is 2.64 bits per heavy atom. The minimum absolute atomic E-state index is 0.242. The molecule has 112 valence electrons. The molecule has 4 nitrogen and oxygen atoms in total. The number of para-hydroxylation sites is 1. The number of ether oxygens (including phenoxy) is 1. The lowest BCUT2D eigenvalue weighted by molar-refractivity contribution is 0.154. The second-order valence-electron chi connectivity index (χ2n) is 5.15. The molecule has 0 aliphatic heterocycles. The zero-order valence-electron chi connectivity index (χ0n) is 12.7. The quantitative estimate of drug-likeness (QED) is 0.691. The van der Waals surface area contributed by atoms with Gasteiger partial charge in [0.25, 0.3) is 5.89 Å². The molecule has 3 aromatic rings. The molecule has 22 heavy (non-hydrogen) atoms. The first-order chi connectivity index (χ1) is 10.8. The molecule has 0 N–H and O–H groups in total. The van der Waals surface area contributed by atoms with Crippen LogP contribution in [0.1, 0.15) is 30.9 Å². The van der Waals surface area contributed by atoms with E-state index in [1.54, 1.807) is 0 Å². The number of aryl methyl sites for hydroxylation is 1. The molecule has 1 aromatic heterocycles. The summed E-state index contributed by atoms with van der Waals surface area (Å²) in [4.78, 5) is 4.49. The third kappa shape index (κ3) is 3.17. The Labute approximate surface area is 129 Å². The highest BCUT2D eigenvalue weighted by atomic mass is 16.5. The van der Waals surface area contributed by atoms with E-state index in [-0.39, 0.29) is 6.10 Å². The summed E-state index contributed by atoms with van der Waals surface area (Å²) in [5.41, 5.74) is 2.11. The fourth-order valence-corrected chi connectivity index (χ4v) is 2.24. The Balaban J connectivity index is 1.82. The molecule has 0 bridgehead atoms. The van der Waals surface area contributed by atoms with Crippen LogP contribution in [-0.2, 0) is 0 Å². The molecule has 2 aromatic carbocycles. The van der Waals surface area contributed by atoms with E-state index < -0.39 is 0 Å². The number of rotatable bonds is 5. The number of hydrogen-bond donors (Lipinski definition) is 0. The van der Waals surface area contributed by atoms with E-state index in [0.717, 1.165) is 23.3 Å². The molecular weight excluding hydrogens is 276 g/mol. The zero-order valence-corrected chi connectivity index (χ0v) is 12.7. The van der Waals surface area contributed by atoms with Crippen molar-refractivity contribution in [1.82, 2.24) is 10.1 Å². The molecule has 0 radical (unpaired) electrons. The van der Waals surface area contributed by atoms with Crippen LogP contribution in [0.3, 0.4) is 0 Å². The second kappa shape index (κ2) is 6.43. The summed E-state index contributed by atoms with van der Waals surface area (Å²) < 4.78 is 11.3. The fraction of sp³-hybridized carbons (Fsp3) is 0.222. The standard InChI is InChI=1S/C18H18N2O2/c1-3-16(21-15-10-5-4-6-11-15)18-19-17(20-22-18)14-9-7-8-13(2)12-14/h4-12,16H,3H2,1-2H3/t16-/m1/s1. The minimum Gasteiger partial charge on any atom is -0.481 e. The lowest BCUT2D eigenvalue weighted by Gasteiger charge is -2.13. The summed E-state index contributed by atoms with van der Waals surface area (Å²) in [6.45, 7) is 4.07. The van der Waals surface area contributed by atoms with Gasteiger partial charge < -0.3 is 9.26 Å². The topological polar surface area (TPSA) is 48.2 Å². The average molecular weight is 294 g/mol. The van der Waals surface area contributed by atoms with Gasteiger partial charge in [-0.1, -0.05) is 54.0 Å². The molecule has 0 aliphatic rings. The predicted octanol–water partition coefficient (Wildman–Crippen LogP) is 4.58. The molecular formula is C18H18N2O2. The van der Waals surface area contributed by atoms with E-state index in [0.29, 0.717) is 11.7 Å².